The summed E-state index contributed by atoms with van der Waals surface area (Å²) in [6.07, 6.45) is 5.08. The van der Waals surface area contributed by atoms with E-state index in [4.69, 9.17) is 16.3 Å². The molecular formula is C23H26ClNO3. The number of hydrogen-bond donors (Lipinski definition) is 1. The Balaban J connectivity index is 1.55. The summed E-state index contributed by atoms with van der Waals surface area (Å²) in [5, 5.41) is 0.679. The summed E-state index contributed by atoms with van der Waals surface area (Å²) in [6, 6.07) is 7.65. The monoisotopic (exact) mass is 399 g/mol. The van der Waals surface area contributed by atoms with Gasteiger partial charge in [0.25, 0.3) is 0 Å². The SMILES string of the molecule is Cc1c(C(=O)OC2CCC(C)CC2)[nH]c2c1C(=O)C[C@H](c1ccccc1Cl)C2. The Labute approximate surface area is 170 Å². The van der Waals surface area contributed by atoms with E-state index in [2.05, 4.69) is 11.9 Å². The van der Waals surface area contributed by atoms with Crippen LogP contribution in [0.1, 0.15) is 82.6 Å². The molecule has 148 valence electrons. The Morgan fingerprint density at radius 3 is 2.57 bits per heavy atom. The van der Waals surface area contributed by atoms with Gasteiger partial charge in [-0.1, -0.05) is 36.7 Å². The molecule has 0 radical (unpaired) electrons. The average molecular weight is 400 g/mol. The highest BCUT2D eigenvalue weighted by Crippen LogP contribution is 2.37. The molecule has 1 aromatic carbocycles. The van der Waals surface area contributed by atoms with E-state index in [-0.39, 0.29) is 23.8 Å². The van der Waals surface area contributed by atoms with Crippen molar-refractivity contribution < 1.29 is 14.3 Å². The van der Waals surface area contributed by atoms with Gasteiger partial charge in [0.2, 0.25) is 0 Å². The number of hydrogen-bond acceptors (Lipinski definition) is 3. The lowest BCUT2D eigenvalue weighted by molar-refractivity contribution is 0.0167. The minimum absolute atomic E-state index is 0.0185. The lowest BCUT2D eigenvalue weighted by Crippen LogP contribution is -2.24. The number of halogens is 1. The molecule has 5 heteroatoms. The van der Waals surface area contributed by atoms with Crippen molar-refractivity contribution in [2.24, 2.45) is 5.92 Å². The van der Waals surface area contributed by atoms with Crippen LogP contribution in [-0.4, -0.2) is 22.8 Å². The molecule has 1 aromatic heterocycles. The molecule has 1 atom stereocenters. The van der Waals surface area contributed by atoms with Crippen LogP contribution < -0.4 is 0 Å². The van der Waals surface area contributed by atoms with Crippen molar-refractivity contribution >= 4 is 23.4 Å². The van der Waals surface area contributed by atoms with Gasteiger partial charge in [0.1, 0.15) is 11.8 Å². The molecule has 2 aliphatic carbocycles. The third kappa shape index (κ3) is 3.62. The van der Waals surface area contributed by atoms with Gasteiger partial charge in [-0.2, -0.15) is 0 Å². The number of ether oxygens (including phenoxy) is 1. The van der Waals surface area contributed by atoms with Gasteiger partial charge >= 0.3 is 5.97 Å². The van der Waals surface area contributed by atoms with E-state index in [1.165, 1.54) is 0 Å². The third-order valence-corrected chi connectivity index (χ3v) is 6.62. The molecular weight excluding hydrogens is 374 g/mol. The average Bonchev–Trinajstić information content (AvgIpc) is 3.01. The first-order chi connectivity index (χ1) is 13.4. The Bertz CT molecular complexity index is 909. The highest BCUT2D eigenvalue weighted by Gasteiger charge is 2.33. The molecule has 0 unspecified atom stereocenters. The van der Waals surface area contributed by atoms with Crippen molar-refractivity contribution in [3.63, 3.8) is 0 Å². The smallest absolute Gasteiger partial charge is 0.355 e. The van der Waals surface area contributed by atoms with Crippen molar-refractivity contribution in [3.8, 4) is 0 Å². The minimum atomic E-state index is -0.339. The molecule has 1 heterocycles. The maximum absolute atomic E-state index is 12.8. The first kappa shape index (κ1) is 19.3. The second kappa shape index (κ2) is 7.75. The molecule has 0 bridgehead atoms. The highest BCUT2D eigenvalue weighted by atomic mass is 35.5. The second-order valence-corrected chi connectivity index (χ2v) is 8.72. The van der Waals surface area contributed by atoms with E-state index >= 15 is 0 Å². The van der Waals surface area contributed by atoms with Gasteiger partial charge in [0, 0.05) is 22.7 Å². The summed E-state index contributed by atoms with van der Waals surface area (Å²) in [7, 11) is 0. The van der Waals surface area contributed by atoms with Crippen LogP contribution in [0.4, 0.5) is 0 Å². The topological polar surface area (TPSA) is 59.2 Å². The number of H-pyrrole nitrogens is 1. The molecule has 4 rings (SSSR count). The molecule has 0 saturated heterocycles. The fourth-order valence-corrected chi connectivity index (χ4v) is 4.91. The van der Waals surface area contributed by atoms with Crippen LogP contribution >= 0.6 is 11.6 Å². The minimum Gasteiger partial charge on any atom is -0.458 e. The number of esters is 1. The van der Waals surface area contributed by atoms with E-state index in [1.54, 1.807) is 0 Å². The molecule has 0 spiro atoms. The Morgan fingerprint density at radius 2 is 1.86 bits per heavy atom. The van der Waals surface area contributed by atoms with Crippen molar-refractivity contribution in [3.05, 3.63) is 57.4 Å². The van der Waals surface area contributed by atoms with E-state index in [0.29, 0.717) is 40.6 Å². The molecule has 28 heavy (non-hydrogen) atoms. The van der Waals surface area contributed by atoms with E-state index in [1.807, 2.05) is 31.2 Å². The van der Waals surface area contributed by atoms with Gasteiger partial charge in [0.15, 0.2) is 5.78 Å². The van der Waals surface area contributed by atoms with Gasteiger partial charge in [-0.15, -0.1) is 0 Å². The van der Waals surface area contributed by atoms with E-state index < -0.39 is 0 Å². The lowest BCUT2D eigenvalue weighted by atomic mass is 9.81. The van der Waals surface area contributed by atoms with E-state index in [9.17, 15) is 9.59 Å². The number of benzene rings is 1. The molecule has 1 saturated carbocycles. The quantitative estimate of drug-likeness (QED) is 0.681. The van der Waals surface area contributed by atoms with Crippen LogP contribution in [-0.2, 0) is 11.2 Å². The number of nitrogens with one attached hydrogen (secondary N) is 1. The van der Waals surface area contributed by atoms with Crippen molar-refractivity contribution in [2.75, 3.05) is 0 Å². The van der Waals surface area contributed by atoms with Gasteiger partial charge in [0.05, 0.1) is 0 Å². The lowest BCUT2D eigenvalue weighted by Gasteiger charge is -2.25. The number of fused-ring (bicyclic) bond motifs is 1. The number of ketones is 1. The zero-order valence-corrected chi connectivity index (χ0v) is 17.1. The number of carbonyl (C=O) groups excluding carboxylic acids is 2. The molecule has 0 amide bonds. The van der Waals surface area contributed by atoms with Crippen LogP contribution in [0.5, 0.6) is 0 Å². The van der Waals surface area contributed by atoms with Crippen LogP contribution in [0.2, 0.25) is 5.02 Å². The first-order valence-corrected chi connectivity index (χ1v) is 10.5. The van der Waals surface area contributed by atoms with Crippen LogP contribution in [0.25, 0.3) is 0 Å². The van der Waals surface area contributed by atoms with Crippen LogP contribution in [0.15, 0.2) is 24.3 Å². The third-order valence-electron chi connectivity index (χ3n) is 6.27. The Kier molecular flexibility index (Phi) is 5.33. The summed E-state index contributed by atoms with van der Waals surface area (Å²) in [4.78, 5) is 28.8. The molecule has 2 aliphatic rings. The zero-order valence-electron chi connectivity index (χ0n) is 16.4. The fourth-order valence-electron chi connectivity index (χ4n) is 4.62. The largest absolute Gasteiger partial charge is 0.458 e. The van der Waals surface area contributed by atoms with Gasteiger partial charge in [-0.25, -0.2) is 4.79 Å². The van der Waals surface area contributed by atoms with Crippen molar-refractivity contribution in [1.29, 1.82) is 0 Å². The van der Waals surface area contributed by atoms with Gasteiger partial charge < -0.3 is 9.72 Å². The maximum Gasteiger partial charge on any atom is 0.355 e. The number of rotatable bonds is 3. The number of Topliss-reactive ketones (excluding diaryl/α,β-unsaturated/α-hetero) is 1. The summed E-state index contributed by atoms with van der Waals surface area (Å²) in [5.74, 6) is 0.448. The maximum atomic E-state index is 12.8. The molecule has 1 N–H and O–H groups in total. The van der Waals surface area contributed by atoms with Gasteiger partial charge in [-0.05, 0) is 68.1 Å². The summed E-state index contributed by atoms with van der Waals surface area (Å²) in [5.41, 5.74) is 3.61. The van der Waals surface area contributed by atoms with Gasteiger partial charge in [-0.3, -0.25) is 4.79 Å². The summed E-state index contributed by atoms with van der Waals surface area (Å²) in [6.45, 7) is 4.07. The van der Waals surface area contributed by atoms with Crippen molar-refractivity contribution in [2.45, 2.75) is 64.4 Å². The standard InChI is InChI=1S/C23H26ClNO3/c1-13-7-9-16(10-8-13)28-23(27)22-14(2)21-19(25-22)11-15(12-20(21)26)17-5-3-4-6-18(17)24/h3-6,13,15-16,25H,7-12H2,1-2H3/t13?,15-,16?/m1/s1. The van der Waals surface area contributed by atoms with Crippen LogP contribution in [0.3, 0.4) is 0 Å². The molecule has 0 aliphatic heterocycles. The zero-order chi connectivity index (χ0) is 19.8. The summed E-state index contributed by atoms with van der Waals surface area (Å²) < 4.78 is 5.75. The predicted molar refractivity (Wildman–Crippen MR) is 109 cm³/mol. The summed E-state index contributed by atoms with van der Waals surface area (Å²) >= 11 is 6.34. The van der Waals surface area contributed by atoms with E-state index in [0.717, 1.165) is 36.9 Å². The highest BCUT2D eigenvalue weighted by molar-refractivity contribution is 6.31. The molecule has 2 aromatic rings. The number of carbonyl (C=O) groups is 2. The molecule has 1 fully saturated rings. The Hall–Kier alpha value is -2.07. The number of aromatic amines is 1. The first-order valence-electron chi connectivity index (χ1n) is 10.1. The number of aromatic nitrogens is 1. The predicted octanol–water partition coefficient (Wildman–Crippen LogP) is 5.62. The molecule has 4 nitrogen and oxygen atoms in total. The second-order valence-electron chi connectivity index (χ2n) is 8.32. The fraction of sp³-hybridized carbons (Fsp3) is 0.478. The van der Waals surface area contributed by atoms with Crippen LogP contribution in [0, 0.1) is 12.8 Å². The van der Waals surface area contributed by atoms with Crippen molar-refractivity contribution in [1.82, 2.24) is 4.98 Å². The Morgan fingerprint density at radius 1 is 1.14 bits per heavy atom. The normalized spacial score (nSPS) is 24.7.